The molecule has 0 unspecified atom stereocenters. The van der Waals surface area contributed by atoms with Gasteiger partial charge in [-0.05, 0) is 47.9 Å². The van der Waals surface area contributed by atoms with Crippen molar-refractivity contribution in [1.29, 1.82) is 0 Å². The van der Waals surface area contributed by atoms with Crippen LogP contribution < -0.4 is 10.4 Å². The van der Waals surface area contributed by atoms with Gasteiger partial charge in [-0.15, -0.1) is 74.6 Å². The number of hydrogen-bond donors (Lipinski definition) is 0. The summed E-state index contributed by atoms with van der Waals surface area (Å²) >= 11 is -0.826. The Kier molecular flexibility index (Phi) is 17.0. The van der Waals surface area contributed by atoms with Crippen LogP contribution >= 0.6 is 17.0 Å². The van der Waals surface area contributed by atoms with Gasteiger partial charge in [0, 0.05) is 0 Å². The minimum atomic E-state index is -0.826. The molecule has 0 atom stereocenters. The molecule has 8 aromatic carbocycles. The predicted molar refractivity (Wildman–Crippen MR) is 253 cm³/mol. The van der Waals surface area contributed by atoms with Crippen LogP contribution in [0.4, 0.5) is 0 Å². The van der Waals surface area contributed by atoms with Crippen molar-refractivity contribution in [3.05, 3.63) is 180 Å². The summed E-state index contributed by atoms with van der Waals surface area (Å²) in [6.45, 7) is 8.99. The summed E-state index contributed by atoms with van der Waals surface area (Å²) in [5, 5.41) is 8.39. The summed E-state index contributed by atoms with van der Waals surface area (Å²) in [6.07, 6.45) is 9.43. The third-order valence-corrected chi connectivity index (χ3v) is 12.1. The van der Waals surface area contributed by atoms with Crippen LogP contribution in [0.15, 0.2) is 152 Å². The van der Waals surface area contributed by atoms with E-state index >= 15 is 0 Å². The fraction of sp³-hybridized carbons (Fsp3) is 0.222. The first-order valence-electron chi connectivity index (χ1n) is 20.9. The monoisotopic (exact) mass is 889 g/mol. The fourth-order valence-electron chi connectivity index (χ4n) is 8.20. The molecule has 4 heteroatoms. The zero-order valence-corrected chi connectivity index (χ0v) is 39.3. The maximum atomic E-state index is 4.93. The Morgan fingerprint density at radius 3 is 1.41 bits per heavy atom. The molecule has 0 spiro atoms. The molecule has 9 rings (SSSR count). The Hall–Kier alpha value is -3.78. The maximum absolute atomic E-state index is 4.93. The van der Waals surface area contributed by atoms with Crippen molar-refractivity contribution in [2.75, 3.05) is 0 Å². The molecule has 294 valence electrons. The van der Waals surface area contributed by atoms with Crippen LogP contribution in [0.5, 0.6) is 0 Å². The molecule has 0 aromatic heterocycles. The van der Waals surface area contributed by atoms with Crippen LogP contribution in [-0.2, 0) is 46.5 Å². The van der Waals surface area contributed by atoms with Gasteiger partial charge in [0.1, 0.15) is 0 Å². The van der Waals surface area contributed by atoms with Gasteiger partial charge in [-0.2, -0.15) is 41.6 Å². The molecule has 1 aliphatic rings. The number of benzene rings is 6. The van der Waals surface area contributed by atoms with E-state index in [1.165, 1.54) is 126 Å². The van der Waals surface area contributed by atoms with Gasteiger partial charge in [0.2, 0.25) is 0 Å². The van der Waals surface area contributed by atoms with Gasteiger partial charge in [0.05, 0.1) is 9.52 Å². The number of halogens is 2. The van der Waals surface area contributed by atoms with Crippen molar-refractivity contribution in [2.24, 2.45) is 0 Å². The molecule has 8 aromatic rings. The smallest absolute Gasteiger partial charge is 0.0920 e. The Balaban J connectivity index is 0.000000145. The van der Waals surface area contributed by atoms with E-state index in [9.17, 15) is 0 Å². The van der Waals surface area contributed by atoms with Crippen molar-refractivity contribution < 1.29 is 20.8 Å². The largest absolute Gasteiger partial charge is 0.184 e. The van der Waals surface area contributed by atoms with Gasteiger partial charge in [-0.1, -0.05) is 160 Å². The van der Waals surface area contributed by atoms with Crippen molar-refractivity contribution in [1.82, 2.24) is 0 Å². The molecule has 0 bridgehead atoms. The molecule has 0 fully saturated rings. The number of rotatable bonds is 10. The van der Waals surface area contributed by atoms with E-state index in [-0.39, 0.29) is 0 Å². The third-order valence-electron chi connectivity index (χ3n) is 10.7. The molecule has 0 saturated carbocycles. The van der Waals surface area contributed by atoms with Crippen LogP contribution in [0.1, 0.15) is 75.6 Å². The SMILES string of the molecule is CCCc1cc2c(-c3ccccc3CCC)cccc2[cH-]1.CCCc1cc2c(-c3ccccc3CCC)cccc2[cH-]1.[Cl][Zr][Cl].[c-]1cccc2c1[Si]c1ccccc1-2. The zero-order valence-electron chi connectivity index (χ0n) is 34.3. The molecule has 2 radical (unpaired) electrons. The van der Waals surface area contributed by atoms with E-state index in [0.717, 1.165) is 22.4 Å². The van der Waals surface area contributed by atoms with Crippen molar-refractivity contribution >= 4 is 58.5 Å². The van der Waals surface area contributed by atoms with Crippen LogP contribution in [0, 0.1) is 6.07 Å². The van der Waals surface area contributed by atoms with Crippen LogP contribution in [-0.4, -0.2) is 9.52 Å². The van der Waals surface area contributed by atoms with E-state index in [0.29, 0.717) is 0 Å². The summed E-state index contributed by atoms with van der Waals surface area (Å²) < 4.78 is 0. The van der Waals surface area contributed by atoms with Gasteiger partial charge in [0.15, 0.2) is 0 Å². The topological polar surface area (TPSA) is 0 Å². The molecular formula is C54H53Cl2SiZr-3. The first-order chi connectivity index (χ1) is 28.5. The van der Waals surface area contributed by atoms with E-state index in [1.807, 2.05) is 6.07 Å². The zero-order chi connectivity index (χ0) is 40.7. The molecule has 0 nitrogen and oxygen atoms in total. The minimum Gasteiger partial charge on any atom is -0.184 e. The first kappa shape index (κ1) is 43.8. The first-order valence-corrected chi connectivity index (χ1v) is 28.2. The quantitative estimate of drug-likeness (QED) is 0.0948. The number of hydrogen-bond acceptors (Lipinski definition) is 0. The van der Waals surface area contributed by atoms with Gasteiger partial charge >= 0.3 is 37.9 Å². The molecular weight excluding hydrogens is 839 g/mol. The van der Waals surface area contributed by atoms with E-state index < -0.39 is 20.8 Å². The summed E-state index contributed by atoms with van der Waals surface area (Å²) in [6, 6.07) is 58.7. The maximum Gasteiger partial charge on any atom is 0.0920 e. The molecule has 1 heterocycles. The normalized spacial score (nSPS) is 11.1. The van der Waals surface area contributed by atoms with Crippen molar-refractivity contribution in [3.8, 4) is 33.4 Å². The standard InChI is InChI=1S/2C21H23.C12H7Si.2ClH.Zr/c2*1-3-8-16-14-18-11-7-13-20(21(18)15-16)19-12-6-5-10-17(19)9-4-2;1-3-7-11-9(5-1)10-6-2-4-8-12(10)13-11;;;/h2*5-7,10-15H,3-4,8-9H2,1-2H3;1-7H;2*1H;/q3*-1;;;+2/p-2. The van der Waals surface area contributed by atoms with Crippen molar-refractivity contribution in [2.45, 2.75) is 79.1 Å². The summed E-state index contributed by atoms with van der Waals surface area (Å²) in [5.74, 6) is 0. The Morgan fingerprint density at radius 2 is 0.914 bits per heavy atom. The van der Waals surface area contributed by atoms with Gasteiger partial charge in [-0.25, -0.2) is 0 Å². The van der Waals surface area contributed by atoms with E-state index in [2.05, 4.69) is 179 Å². The molecule has 1 aliphatic heterocycles. The second-order valence-corrected chi connectivity index (χ2v) is 19.9. The number of aryl methyl sites for hydroxylation is 4. The van der Waals surface area contributed by atoms with Crippen LogP contribution in [0.3, 0.4) is 0 Å². The van der Waals surface area contributed by atoms with Gasteiger partial charge in [0.25, 0.3) is 0 Å². The summed E-state index contributed by atoms with van der Waals surface area (Å²) in [7, 11) is 10.7. The van der Waals surface area contributed by atoms with Gasteiger partial charge in [-0.3, -0.25) is 0 Å². The Labute approximate surface area is 368 Å². The third kappa shape index (κ3) is 10.9. The molecule has 0 N–H and O–H groups in total. The second-order valence-electron chi connectivity index (χ2n) is 14.9. The summed E-state index contributed by atoms with van der Waals surface area (Å²) in [5.41, 5.74) is 14.2. The number of fused-ring (bicyclic) bond motifs is 5. The van der Waals surface area contributed by atoms with Crippen molar-refractivity contribution in [3.63, 3.8) is 0 Å². The minimum absolute atomic E-state index is 0.795. The second kappa shape index (κ2) is 22.6. The van der Waals surface area contributed by atoms with E-state index in [1.54, 1.807) is 0 Å². The van der Waals surface area contributed by atoms with Crippen LogP contribution in [0.2, 0.25) is 0 Å². The van der Waals surface area contributed by atoms with E-state index in [4.69, 9.17) is 17.0 Å². The molecule has 0 amide bonds. The van der Waals surface area contributed by atoms with Gasteiger partial charge < -0.3 is 0 Å². The Bertz CT molecular complexity index is 2330. The average molecular weight is 892 g/mol. The Morgan fingerprint density at radius 1 is 0.483 bits per heavy atom. The summed E-state index contributed by atoms with van der Waals surface area (Å²) in [4.78, 5) is 0. The average Bonchev–Trinajstić information content (AvgIpc) is 3.97. The fourth-order valence-corrected chi connectivity index (χ4v) is 9.51. The predicted octanol–water partition coefficient (Wildman–Crippen LogP) is 14.8. The molecule has 0 aliphatic carbocycles. The molecule has 0 saturated heterocycles. The van der Waals surface area contributed by atoms with Crippen LogP contribution in [0.25, 0.3) is 54.9 Å². The molecule has 58 heavy (non-hydrogen) atoms.